The second-order valence-electron chi connectivity index (χ2n) is 26.6. The minimum atomic E-state index is -1.62. The summed E-state index contributed by atoms with van der Waals surface area (Å²) >= 11 is 0. The molecule has 0 aromatic carbocycles. The maximum Gasteiger partial charge on any atom is 0.306 e. The van der Waals surface area contributed by atoms with Crippen molar-refractivity contribution in [3.8, 4) is 0 Å². The quantitative estimate of drug-likeness (QED) is 0.0195. The molecule has 0 aromatic rings. The van der Waals surface area contributed by atoms with Crippen LogP contribution in [0.5, 0.6) is 0 Å². The van der Waals surface area contributed by atoms with Crippen LogP contribution in [0.3, 0.4) is 0 Å². The third-order valence-corrected chi connectivity index (χ3v) is 16.7. The number of ether oxygens (including phenoxy) is 4. The first-order valence-electron chi connectivity index (χ1n) is 37.4. The van der Waals surface area contributed by atoms with Gasteiger partial charge in [-0.05, 0) is 83.5 Å². The zero-order chi connectivity index (χ0) is 63.3. The summed E-state index contributed by atoms with van der Waals surface area (Å²) in [5, 5.41) is 11.8. The fourth-order valence-electron chi connectivity index (χ4n) is 11.0. The number of quaternary nitrogens is 1. The number of carboxylic acid groups (broad SMARTS) is 1. The van der Waals surface area contributed by atoms with E-state index in [1.807, 2.05) is 21.1 Å². The molecule has 0 saturated heterocycles. The van der Waals surface area contributed by atoms with Crippen LogP contribution in [0.25, 0.3) is 0 Å². The number of likely N-dealkylation sites (N-methyl/N-ethyl adjacent to an activating group) is 1. The maximum atomic E-state index is 13.0. The molecule has 87 heavy (non-hydrogen) atoms. The van der Waals surface area contributed by atoms with E-state index in [-0.39, 0.29) is 32.2 Å². The highest BCUT2D eigenvalue weighted by atomic mass is 16.7. The Bertz CT molecular complexity index is 1610. The van der Waals surface area contributed by atoms with Crippen LogP contribution in [0.2, 0.25) is 0 Å². The molecule has 0 aliphatic rings. The number of carboxylic acids is 1. The van der Waals surface area contributed by atoms with Crippen LogP contribution < -0.4 is 5.11 Å². The lowest BCUT2D eigenvalue weighted by molar-refractivity contribution is -0.870. The molecule has 0 aromatic heterocycles. The van der Waals surface area contributed by atoms with Gasteiger partial charge in [-0.25, -0.2) is 0 Å². The van der Waals surface area contributed by atoms with Gasteiger partial charge in [0.1, 0.15) is 13.2 Å². The van der Waals surface area contributed by atoms with Crippen molar-refractivity contribution in [2.75, 3.05) is 47.5 Å². The number of rotatable bonds is 70. The normalized spacial score (nSPS) is 13.0. The average molecular weight is 1220 g/mol. The predicted molar refractivity (Wildman–Crippen MR) is 371 cm³/mol. The third kappa shape index (κ3) is 70.3. The molecule has 9 nitrogen and oxygen atoms in total. The van der Waals surface area contributed by atoms with Crippen LogP contribution in [0, 0.1) is 0 Å². The van der Waals surface area contributed by atoms with E-state index in [0.29, 0.717) is 23.9 Å². The number of hydrogen-bond acceptors (Lipinski definition) is 8. The van der Waals surface area contributed by atoms with Crippen molar-refractivity contribution in [3.63, 3.8) is 0 Å². The number of aliphatic carboxylic acids is 1. The molecule has 0 rings (SSSR count). The summed E-state index contributed by atoms with van der Waals surface area (Å²) in [4.78, 5) is 37.5. The van der Waals surface area contributed by atoms with Crippen molar-refractivity contribution in [3.05, 3.63) is 60.8 Å². The first kappa shape index (κ1) is 84.0. The van der Waals surface area contributed by atoms with Crippen LogP contribution in [-0.4, -0.2) is 82.3 Å². The fraction of sp³-hybridized carbons (Fsp3) is 0.833. The number of nitrogens with zero attached hydrogens (tertiary/aromatic N) is 1. The molecule has 0 aliphatic heterocycles. The van der Waals surface area contributed by atoms with Gasteiger partial charge >= 0.3 is 11.9 Å². The summed E-state index contributed by atoms with van der Waals surface area (Å²) in [7, 11) is 5.94. The van der Waals surface area contributed by atoms with Gasteiger partial charge in [0, 0.05) is 12.8 Å². The lowest BCUT2D eigenvalue weighted by Crippen LogP contribution is -2.44. The second-order valence-corrected chi connectivity index (χ2v) is 26.6. The molecule has 508 valence electrons. The number of hydrogen-bond donors (Lipinski definition) is 0. The summed E-state index contributed by atoms with van der Waals surface area (Å²) in [5.41, 5.74) is 0. The summed E-state index contributed by atoms with van der Waals surface area (Å²) in [6.45, 7) is 4.78. The van der Waals surface area contributed by atoms with Gasteiger partial charge in [-0.2, -0.15) is 0 Å². The number of allylic oxidation sites excluding steroid dienone is 10. The summed E-state index contributed by atoms with van der Waals surface area (Å²) in [6, 6.07) is 0. The van der Waals surface area contributed by atoms with Crippen molar-refractivity contribution >= 4 is 17.9 Å². The van der Waals surface area contributed by atoms with Gasteiger partial charge in [-0.1, -0.05) is 325 Å². The highest BCUT2D eigenvalue weighted by molar-refractivity contribution is 5.70. The molecule has 0 N–H and O–H groups in total. The van der Waals surface area contributed by atoms with Gasteiger partial charge in [0.2, 0.25) is 0 Å². The van der Waals surface area contributed by atoms with Gasteiger partial charge in [0.15, 0.2) is 12.4 Å². The van der Waals surface area contributed by atoms with Crippen LogP contribution in [0.1, 0.15) is 361 Å². The number of esters is 2. The SMILES string of the molecule is CCCCCCC/C=C\C/C=C\C/C=C\CCCCCCCCCCCCCCCCCCC(=O)OC(COC(=O)CCCCCCCCCCCCCCCCCCCCC/C=C\C/C=C\CCCCCCC)COC(OCC[N+](C)(C)C)C(=O)[O-]. The Kier molecular flexibility index (Phi) is 66.5. The number of carbonyl (C=O) groups excluding carboxylic acids is 3. The lowest BCUT2D eigenvalue weighted by atomic mass is 10.0. The molecule has 0 radical (unpaired) electrons. The van der Waals surface area contributed by atoms with Gasteiger partial charge < -0.3 is 33.3 Å². The van der Waals surface area contributed by atoms with Gasteiger partial charge in [-0.15, -0.1) is 0 Å². The first-order valence-corrected chi connectivity index (χ1v) is 37.4. The standard InChI is InChI=1S/C78H143NO8/c1-6-8-10-12-14-16-18-20-22-24-26-28-30-32-34-36-38-40-42-44-46-48-50-52-54-56-58-60-62-64-66-68-75(80)85-72-74(73-86-78(77(82)83)84-71-70-79(3,4)5)87-76(81)69-67-65-63-61-59-57-55-53-51-49-47-45-43-41-39-37-35-33-31-29-27-25-23-21-19-17-15-13-11-9-7-2/h18-21,24-27,31,33,74,78H,6-17,22-23,28-30,32,34-73H2,1-5H3/b20-18-,21-19-,26-24-,27-25-,33-31-. The predicted octanol–water partition coefficient (Wildman–Crippen LogP) is 22.1. The third-order valence-electron chi connectivity index (χ3n) is 16.7. The van der Waals surface area contributed by atoms with Crippen LogP contribution in [0.4, 0.5) is 0 Å². The molecule has 2 unspecified atom stereocenters. The fourth-order valence-corrected chi connectivity index (χ4v) is 11.0. The van der Waals surface area contributed by atoms with Gasteiger partial charge in [0.25, 0.3) is 0 Å². The molecule has 0 aliphatic carbocycles. The topological polar surface area (TPSA) is 111 Å². The van der Waals surface area contributed by atoms with Crippen LogP contribution in [0.15, 0.2) is 60.8 Å². The lowest BCUT2D eigenvalue weighted by Gasteiger charge is -2.26. The van der Waals surface area contributed by atoms with E-state index in [2.05, 4.69) is 74.6 Å². The molecule has 0 heterocycles. The van der Waals surface area contributed by atoms with Crippen LogP contribution in [-0.2, 0) is 33.3 Å². The Morgan fingerprint density at radius 3 is 0.920 bits per heavy atom. The molecule has 2 atom stereocenters. The van der Waals surface area contributed by atoms with Crippen molar-refractivity contribution in [2.24, 2.45) is 0 Å². The van der Waals surface area contributed by atoms with Crippen molar-refractivity contribution in [1.29, 1.82) is 0 Å². The Morgan fingerprint density at radius 2 is 0.621 bits per heavy atom. The number of carbonyl (C=O) groups is 3. The molecular weight excluding hydrogens is 1080 g/mol. The highest BCUT2D eigenvalue weighted by Gasteiger charge is 2.22. The van der Waals surface area contributed by atoms with E-state index in [1.165, 1.54) is 276 Å². The molecule has 0 amide bonds. The van der Waals surface area contributed by atoms with Crippen molar-refractivity contribution in [2.45, 2.75) is 373 Å². The zero-order valence-corrected chi connectivity index (χ0v) is 58.2. The van der Waals surface area contributed by atoms with E-state index in [4.69, 9.17) is 18.9 Å². The first-order chi connectivity index (χ1) is 42.6. The van der Waals surface area contributed by atoms with E-state index in [9.17, 15) is 19.5 Å². The molecular formula is C78H143NO8. The molecule has 0 saturated carbocycles. The Hall–Kier alpha value is -3.01. The minimum Gasteiger partial charge on any atom is -0.545 e. The summed E-state index contributed by atoms with van der Waals surface area (Å²) in [5.74, 6) is -2.26. The summed E-state index contributed by atoms with van der Waals surface area (Å²) < 4.78 is 22.9. The maximum absolute atomic E-state index is 13.0. The monoisotopic (exact) mass is 1220 g/mol. The molecule has 0 bridgehead atoms. The largest absolute Gasteiger partial charge is 0.545 e. The van der Waals surface area contributed by atoms with Crippen LogP contribution >= 0.6 is 0 Å². The minimum absolute atomic E-state index is 0.149. The molecule has 0 spiro atoms. The molecule has 0 fully saturated rings. The average Bonchev–Trinajstić information content (AvgIpc) is 3.56. The van der Waals surface area contributed by atoms with E-state index in [0.717, 1.165) is 51.4 Å². The Labute approximate surface area is 539 Å². The second kappa shape index (κ2) is 68.9. The van der Waals surface area contributed by atoms with Gasteiger partial charge in [-0.3, -0.25) is 9.59 Å². The van der Waals surface area contributed by atoms with Gasteiger partial charge in [0.05, 0.1) is 40.3 Å². The van der Waals surface area contributed by atoms with Crippen molar-refractivity contribution in [1.82, 2.24) is 0 Å². The van der Waals surface area contributed by atoms with E-state index >= 15 is 0 Å². The zero-order valence-electron chi connectivity index (χ0n) is 58.2. The number of unbranched alkanes of at least 4 members (excludes halogenated alkanes) is 45. The molecule has 9 heteroatoms. The Morgan fingerprint density at radius 1 is 0.345 bits per heavy atom. The van der Waals surface area contributed by atoms with Crippen molar-refractivity contribution < 1.29 is 42.9 Å². The van der Waals surface area contributed by atoms with E-state index in [1.54, 1.807) is 0 Å². The van der Waals surface area contributed by atoms with E-state index < -0.39 is 24.3 Å². The Balaban J connectivity index is 4.05. The highest BCUT2D eigenvalue weighted by Crippen LogP contribution is 2.19. The summed E-state index contributed by atoms with van der Waals surface area (Å²) in [6.07, 6.45) is 87.5. The smallest absolute Gasteiger partial charge is 0.306 e.